The molecule has 2 amide bonds. The molecule has 1 fully saturated rings. The molecule has 0 saturated carbocycles. The number of anilines is 2. The fourth-order valence-electron chi connectivity index (χ4n) is 4.99. The topological polar surface area (TPSA) is 105 Å². The van der Waals surface area contributed by atoms with Crippen molar-refractivity contribution in [1.82, 2.24) is 19.5 Å². The number of urea groups is 1. The summed E-state index contributed by atoms with van der Waals surface area (Å²) in [5.74, 6) is 1.84. The summed E-state index contributed by atoms with van der Waals surface area (Å²) in [7, 11) is 5.16. The summed E-state index contributed by atoms with van der Waals surface area (Å²) in [5.41, 5.74) is 1.84. The van der Waals surface area contributed by atoms with Gasteiger partial charge in [0.1, 0.15) is 17.3 Å². The van der Waals surface area contributed by atoms with Crippen LogP contribution in [0.15, 0.2) is 65.6 Å². The van der Waals surface area contributed by atoms with E-state index in [1.54, 1.807) is 53.2 Å². The Morgan fingerprint density at radius 1 is 1.02 bits per heavy atom. The lowest BCUT2D eigenvalue weighted by Crippen LogP contribution is -2.55. The van der Waals surface area contributed by atoms with Crippen LogP contribution in [-0.4, -0.2) is 73.0 Å². The van der Waals surface area contributed by atoms with E-state index in [0.29, 0.717) is 52.8 Å². The molecule has 1 atom stereocenters. The van der Waals surface area contributed by atoms with Crippen molar-refractivity contribution in [2.45, 2.75) is 19.9 Å². The van der Waals surface area contributed by atoms with Crippen molar-refractivity contribution in [1.29, 1.82) is 0 Å². The van der Waals surface area contributed by atoms with Gasteiger partial charge in [-0.15, -0.1) is 0 Å². The second-order valence-electron chi connectivity index (χ2n) is 10.1. The zero-order valence-electron chi connectivity index (χ0n) is 24.0. The molecule has 41 heavy (non-hydrogen) atoms. The molecule has 2 aromatic heterocycles. The Morgan fingerprint density at radius 3 is 2.46 bits per heavy atom. The number of methoxy groups -OCH3 is 2. The zero-order chi connectivity index (χ0) is 29.1. The largest absolute Gasteiger partial charge is 0.497 e. The molecule has 3 heterocycles. The molecule has 1 unspecified atom stereocenters. The number of likely N-dealkylation sites (N-methyl/N-ethyl adjacent to an activating group) is 1. The van der Waals surface area contributed by atoms with Crippen molar-refractivity contribution in [3.05, 3.63) is 82.5 Å². The van der Waals surface area contributed by atoms with Crippen LogP contribution in [0.3, 0.4) is 0 Å². The van der Waals surface area contributed by atoms with E-state index in [0.717, 1.165) is 18.7 Å². The van der Waals surface area contributed by atoms with Gasteiger partial charge in [0.2, 0.25) is 0 Å². The van der Waals surface area contributed by atoms with Crippen molar-refractivity contribution in [2.24, 2.45) is 0 Å². The fraction of sp³-hybridized carbons (Fsp3) is 0.333. The first-order valence-corrected chi connectivity index (χ1v) is 13.5. The van der Waals surface area contributed by atoms with E-state index in [9.17, 15) is 9.59 Å². The molecule has 1 aliphatic rings. The van der Waals surface area contributed by atoms with Gasteiger partial charge in [0.05, 0.1) is 36.9 Å². The van der Waals surface area contributed by atoms with E-state index >= 15 is 0 Å². The van der Waals surface area contributed by atoms with Crippen LogP contribution in [0.25, 0.3) is 10.9 Å². The SMILES string of the molecule is COc1ccc(N(C(=O)Nc2ccc(C)cn2)C(C)c2nc3ccccc3c(=O)n2N2CCN(C)CC2)c(OC)c1. The average molecular weight is 558 g/mol. The Hall–Kier alpha value is -4.64. The zero-order valence-corrected chi connectivity index (χ0v) is 24.0. The highest BCUT2D eigenvalue weighted by atomic mass is 16.5. The maximum absolute atomic E-state index is 14.1. The summed E-state index contributed by atoms with van der Waals surface area (Å²) in [6.07, 6.45) is 1.69. The molecule has 1 N–H and O–H groups in total. The molecule has 0 spiro atoms. The highest BCUT2D eigenvalue weighted by molar-refractivity contribution is 6.02. The number of aromatic nitrogens is 3. The van der Waals surface area contributed by atoms with E-state index in [-0.39, 0.29) is 5.56 Å². The third kappa shape index (κ3) is 5.66. The van der Waals surface area contributed by atoms with Crippen molar-refractivity contribution < 1.29 is 14.3 Å². The molecule has 0 bridgehead atoms. The van der Waals surface area contributed by atoms with Gasteiger partial charge in [-0.25, -0.2) is 19.4 Å². The number of benzene rings is 2. The summed E-state index contributed by atoms with van der Waals surface area (Å²) in [6.45, 7) is 6.65. The van der Waals surface area contributed by atoms with Gasteiger partial charge in [-0.2, -0.15) is 0 Å². The molecule has 214 valence electrons. The number of amides is 2. The second kappa shape index (κ2) is 11.8. The molecule has 2 aromatic carbocycles. The number of ether oxygens (including phenoxy) is 2. The van der Waals surface area contributed by atoms with Crippen molar-refractivity contribution in [3.63, 3.8) is 0 Å². The number of fused-ring (bicyclic) bond motifs is 1. The number of hydrogen-bond acceptors (Lipinski definition) is 8. The molecule has 11 nitrogen and oxygen atoms in total. The standard InChI is InChI=1S/C30H35N7O4/c1-20-10-13-27(31-19-20)33-30(39)36(25-12-11-22(40-4)18-26(25)41-5)21(2)28-32-24-9-7-6-8-23(24)29(38)37(28)35-16-14-34(3)15-17-35/h6-13,18-19,21H,14-17H2,1-5H3,(H,31,33,39). The lowest BCUT2D eigenvalue weighted by atomic mass is 10.1. The number of hydrogen-bond donors (Lipinski definition) is 1. The second-order valence-corrected chi connectivity index (χ2v) is 10.1. The van der Waals surface area contributed by atoms with Crippen LogP contribution >= 0.6 is 0 Å². The van der Waals surface area contributed by atoms with Gasteiger partial charge in [0.25, 0.3) is 5.56 Å². The van der Waals surface area contributed by atoms with Gasteiger partial charge in [-0.05, 0) is 56.8 Å². The fourth-order valence-corrected chi connectivity index (χ4v) is 4.99. The highest BCUT2D eigenvalue weighted by Gasteiger charge is 2.32. The van der Waals surface area contributed by atoms with Crippen LogP contribution in [0.4, 0.5) is 16.3 Å². The number of nitrogens with zero attached hydrogens (tertiary/aromatic N) is 6. The van der Waals surface area contributed by atoms with Crippen LogP contribution in [0.1, 0.15) is 24.4 Å². The first-order chi connectivity index (χ1) is 19.8. The van der Waals surface area contributed by atoms with Gasteiger partial charge in [0.15, 0.2) is 5.82 Å². The van der Waals surface area contributed by atoms with Crippen LogP contribution in [0, 0.1) is 6.92 Å². The lowest BCUT2D eigenvalue weighted by molar-refractivity contribution is 0.253. The van der Waals surface area contributed by atoms with E-state index in [2.05, 4.69) is 22.2 Å². The summed E-state index contributed by atoms with van der Waals surface area (Å²) in [6, 6.07) is 15.0. The van der Waals surface area contributed by atoms with E-state index < -0.39 is 12.1 Å². The van der Waals surface area contributed by atoms with Crippen LogP contribution in [0.2, 0.25) is 0 Å². The third-order valence-corrected chi connectivity index (χ3v) is 7.31. The monoisotopic (exact) mass is 557 g/mol. The number of para-hydroxylation sites is 1. The number of nitrogens with one attached hydrogen (secondary N) is 1. The number of piperazine rings is 1. The van der Waals surface area contributed by atoms with Crippen LogP contribution in [0.5, 0.6) is 11.5 Å². The van der Waals surface area contributed by atoms with Crippen LogP contribution in [-0.2, 0) is 0 Å². The Kier molecular flexibility index (Phi) is 8.06. The van der Waals surface area contributed by atoms with Crippen molar-refractivity contribution >= 4 is 28.4 Å². The Balaban J connectivity index is 1.67. The van der Waals surface area contributed by atoms with E-state index in [1.807, 2.05) is 43.1 Å². The van der Waals surface area contributed by atoms with E-state index in [4.69, 9.17) is 14.5 Å². The predicted molar refractivity (Wildman–Crippen MR) is 160 cm³/mol. The molecule has 11 heteroatoms. The average Bonchev–Trinajstić information content (AvgIpc) is 2.99. The molecule has 4 aromatic rings. The Labute approximate surface area is 238 Å². The van der Waals surface area contributed by atoms with Crippen molar-refractivity contribution in [3.8, 4) is 11.5 Å². The summed E-state index contributed by atoms with van der Waals surface area (Å²) >= 11 is 0. The molecule has 5 rings (SSSR count). The maximum Gasteiger partial charge on any atom is 0.328 e. The first kappa shape index (κ1) is 27.9. The molecular formula is C30H35N7O4. The maximum atomic E-state index is 14.1. The van der Waals surface area contributed by atoms with E-state index in [1.165, 1.54) is 7.11 Å². The minimum absolute atomic E-state index is 0.177. The number of carbonyl (C=O) groups is 1. The number of pyridine rings is 1. The third-order valence-electron chi connectivity index (χ3n) is 7.31. The summed E-state index contributed by atoms with van der Waals surface area (Å²) in [4.78, 5) is 41.1. The molecule has 1 aliphatic heterocycles. The molecule has 0 aliphatic carbocycles. The number of carbonyl (C=O) groups excluding carboxylic acids is 1. The Morgan fingerprint density at radius 2 is 1.78 bits per heavy atom. The number of aryl methyl sites for hydroxylation is 1. The van der Waals surface area contributed by atoms with Gasteiger partial charge < -0.3 is 19.4 Å². The normalized spacial score (nSPS) is 14.5. The van der Waals surface area contributed by atoms with Crippen LogP contribution < -0.4 is 30.3 Å². The van der Waals surface area contributed by atoms with Gasteiger partial charge >= 0.3 is 6.03 Å². The smallest absolute Gasteiger partial charge is 0.328 e. The highest BCUT2D eigenvalue weighted by Crippen LogP contribution is 2.37. The molecule has 0 radical (unpaired) electrons. The van der Waals surface area contributed by atoms with Gasteiger partial charge in [-0.3, -0.25) is 15.0 Å². The minimum atomic E-state index is -0.695. The molecular weight excluding hydrogens is 522 g/mol. The Bertz CT molecular complexity index is 1600. The van der Waals surface area contributed by atoms with Gasteiger partial charge in [-0.1, -0.05) is 18.2 Å². The summed E-state index contributed by atoms with van der Waals surface area (Å²) in [5, 5.41) is 5.44. The molecule has 1 saturated heterocycles. The van der Waals surface area contributed by atoms with Crippen molar-refractivity contribution in [2.75, 3.05) is 62.7 Å². The summed E-state index contributed by atoms with van der Waals surface area (Å²) < 4.78 is 12.7. The first-order valence-electron chi connectivity index (χ1n) is 13.5. The minimum Gasteiger partial charge on any atom is -0.497 e. The van der Waals surface area contributed by atoms with Gasteiger partial charge in [0, 0.05) is 38.4 Å². The quantitative estimate of drug-likeness (QED) is 0.366. The number of rotatable bonds is 7. The lowest BCUT2D eigenvalue weighted by Gasteiger charge is -2.38. The predicted octanol–water partition coefficient (Wildman–Crippen LogP) is 3.80.